The van der Waals surface area contributed by atoms with Crippen LogP contribution in [0.15, 0.2) is 18.3 Å². The van der Waals surface area contributed by atoms with Crippen LogP contribution in [0.1, 0.15) is 12.6 Å². The second-order valence-electron chi connectivity index (χ2n) is 2.43. The van der Waals surface area contributed by atoms with E-state index in [-0.39, 0.29) is 0 Å². The molecular formula is C10H14NOS. The third-order valence-electron chi connectivity index (χ3n) is 1.53. The minimum atomic E-state index is 0.688. The summed E-state index contributed by atoms with van der Waals surface area (Å²) >= 11 is 1.75. The van der Waals surface area contributed by atoms with Gasteiger partial charge in [-0.15, -0.1) is 0 Å². The van der Waals surface area contributed by atoms with Gasteiger partial charge in [0.2, 0.25) is 0 Å². The summed E-state index contributed by atoms with van der Waals surface area (Å²) in [5.41, 5.74) is 1.01. The molecule has 71 valence electrons. The van der Waals surface area contributed by atoms with Crippen molar-refractivity contribution in [3.63, 3.8) is 0 Å². The van der Waals surface area contributed by atoms with Crippen molar-refractivity contribution < 1.29 is 4.74 Å². The third-order valence-corrected chi connectivity index (χ3v) is 2.30. The smallest absolute Gasteiger partial charge is 0.141 e. The van der Waals surface area contributed by atoms with E-state index in [1.165, 1.54) is 0 Å². The first-order valence-corrected chi connectivity index (χ1v) is 5.47. The van der Waals surface area contributed by atoms with E-state index in [9.17, 15) is 0 Å². The zero-order chi connectivity index (χ0) is 9.52. The lowest BCUT2D eigenvalue weighted by Crippen LogP contribution is -1.97. The van der Waals surface area contributed by atoms with Gasteiger partial charge in [-0.1, -0.05) is 0 Å². The van der Waals surface area contributed by atoms with Gasteiger partial charge in [0.25, 0.3) is 0 Å². The predicted molar refractivity (Wildman–Crippen MR) is 56.9 cm³/mol. The molecule has 0 aliphatic heterocycles. The van der Waals surface area contributed by atoms with Gasteiger partial charge >= 0.3 is 0 Å². The molecule has 3 heteroatoms. The standard InChI is InChI=1S/C10H14NOS/c1-3-12-10-6-5-7-11-9(10)8-13-4-2/h5-7H,2-4,8H2,1H3. The molecule has 0 N–H and O–H groups in total. The minimum absolute atomic E-state index is 0.688. The van der Waals surface area contributed by atoms with Crippen LogP contribution in [0.4, 0.5) is 0 Å². The van der Waals surface area contributed by atoms with Crippen LogP contribution >= 0.6 is 11.8 Å². The number of hydrogen-bond acceptors (Lipinski definition) is 3. The topological polar surface area (TPSA) is 22.1 Å². The van der Waals surface area contributed by atoms with Crippen LogP contribution in [0.25, 0.3) is 0 Å². The van der Waals surface area contributed by atoms with Crippen molar-refractivity contribution in [2.45, 2.75) is 12.7 Å². The van der Waals surface area contributed by atoms with Crippen molar-refractivity contribution in [2.75, 3.05) is 12.4 Å². The molecule has 1 radical (unpaired) electrons. The van der Waals surface area contributed by atoms with Crippen LogP contribution in [-0.2, 0) is 5.75 Å². The van der Waals surface area contributed by atoms with Gasteiger partial charge in [0.1, 0.15) is 5.75 Å². The number of ether oxygens (including phenoxy) is 1. The molecule has 1 heterocycles. The van der Waals surface area contributed by atoms with Crippen LogP contribution in [0.5, 0.6) is 5.75 Å². The summed E-state index contributed by atoms with van der Waals surface area (Å²) in [4.78, 5) is 4.26. The average molecular weight is 196 g/mol. The van der Waals surface area contributed by atoms with Crippen molar-refractivity contribution in [3.8, 4) is 5.75 Å². The molecule has 0 spiro atoms. The lowest BCUT2D eigenvalue weighted by atomic mass is 10.3. The highest BCUT2D eigenvalue weighted by molar-refractivity contribution is 7.98. The molecule has 0 aromatic carbocycles. The van der Waals surface area contributed by atoms with E-state index in [1.807, 2.05) is 19.1 Å². The second kappa shape index (κ2) is 5.86. The van der Waals surface area contributed by atoms with E-state index in [0.29, 0.717) is 6.61 Å². The van der Waals surface area contributed by atoms with Crippen LogP contribution in [0.3, 0.4) is 0 Å². The Hall–Kier alpha value is -0.700. The van der Waals surface area contributed by atoms with Crippen molar-refractivity contribution in [1.29, 1.82) is 0 Å². The van der Waals surface area contributed by atoms with Gasteiger partial charge in [0.15, 0.2) is 0 Å². The van der Waals surface area contributed by atoms with Crippen molar-refractivity contribution in [2.24, 2.45) is 0 Å². The molecule has 13 heavy (non-hydrogen) atoms. The summed E-state index contributed by atoms with van der Waals surface area (Å²) in [6, 6.07) is 3.85. The first-order chi connectivity index (χ1) is 6.38. The van der Waals surface area contributed by atoms with Crippen molar-refractivity contribution in [1.82, 2.24) is 4.98 Å². The second-order valence-corrected chi connectivity index (χ2v) is 3.54. The normalized spacial score (nSPS) is 10.0. The van der Waals surface area contributed by atoms with Crippen molar-refractivity contribution >= 4 is 11.8 Å². The fourth-order valence-electron chi connectivity index (χ4n) is 0.987. The Bertz CT molecular complexity index is 252. The Morgan fingerprint density at radius 1 is 1.62 bits per heavy atom. The Morgan fingerprint density at radius 3 is 3.15 bits per heavy atom. The molecule has 1 aromatic heterocycles. The Morgan fingerprint density at radius 2 is 2.46 bits per heavy atom. The Balaban J connectivity index is 2.66. The number of aromatic nitrogens is 1. The summed E-state index contributed by atoms with van der Waals surface area (Å²) < 4.78 is 5.44. The molecule has 0 saturated heterocycles. The van der Waals surface area contributed by atoms with Gasteiger partial charge in [0.05, 0.1) is 12.3 Å². The molecule has 2 nitrogen and oxygen atoms in total. The molecule has 0 aliphatic carbocycles. The number of nitrogens with zero attached hydrogens (tertiary/aromatic N) is 1. The van der Waals surface area contributed by atoms with Crippen LogP contribution < -0.4 is 4.74 Å². The highest BCUT2D eigenvalue weighted by atomic mass is 32.2. The molecule has 0 bridgehead atoms. The van der Waals surface area contributed by atoms with Crippen LogP contribution in [-0.4, -0.2) is 17.3 Å². The highest BCUT2D eigenvalue weighted by Crippen LogP contribution is 2.20. The highest BCUT2D eigenvalue weighted by Gasteiger charge is 2.02. The monoisotopic (exact) mass is 196 g/mol. The SMILES string of the molecule is [CH2]CSCc1ncccc1OCC. The summed E-state index contributed by atoms with van der Waals surface area (Å²) in [6.45, 7) is 6.44. The molecule has 0 amide bonds. The predicted octanol–water partition coefficient (Wildman–Crippen LogP) is 2.55. The summed E-state index contributed by atoms with van der Waals surface area (Å²) in [7, 11) is 0. The van der Waals surface area contributed by atoms with Crippen LogP contribution in [0, 0.1) is 6.92 Å². The molecular weight excluding hydrogens is 182 g/mol. The lowest BCUT2D eigenvalue weighted by Gasteiger charge is -2.07. The molecule has 0 unspecified atom stereocenters. The van der Waals surface area contributed by atoms with Crippen LogP contribution in [0.2, 0.25) is 0 Å². The fourth-order valence-corrected chi connectivity index (χ4v) is 1.54. The number of pyridine rings is 1. The van der Waals surface area contributed by atoms with Gasteiger partial charge < -0.3 is 4.74 Å². The summed E-state index contributed by atoms with van der Waals surface area (Å²) in [6.07, 6.45) is 1.79. The molecule has 1 rings (SSSR count). The van der Waals surface area contributed by atoms with Gasteiger partial charge in [-0.2, -0.15) is 11.8 Å². The average Bonchev–Trinajstić information content (AvgIpc) is 2.17. The summed E-state index contributed by atoms with van der Waals surface area (Å²) in [5.74, 6) is 2.63. The summed E-state index contributed by atoms with van der Waals surface area (Å²) in [5, 5.41) is 0. The first kappa shape index (κ1) is 10.4. The molecule has 0 saturated carbocycles. The van der Waals surface area contributed by atoms with E-state index in [1.54, 1.807) is 18.0 Å². The van der Waals surface area contributed by atoms with E-state index in [2.05, 4.69) is 11.9 Å². The van der Waals surface area contributed by atoms with Crippen molar-refractivity contribution in [3.05, 3.63) is 30.9 Å². The van der Waals surface area contributed by atoms with E-state index in [0.717, 1.165) is 22.9 Å². The fraction of sp³-hybridized carbons (Fsp3) is 0.400. The Labute approximate surface area is 83.7 Å². The van der Waals surface area contributed by atoms with E-state index >= 15 is 0 Å². The molecule has 0 atom stereocenters. The lowest BCUT2D eigenvalue weighted by molar-refractivity contribution is 0.336. The molecule has 0 aliphatic rings. The van der Waals surface area contributed by atoms with E-state index in [4.69, 9.17) is 4.74 Å². The van der Waals surface area contributed by atoms with Gasteiger partial charge in [-0.3, -0.25) is 4.98 Å². The zero-order valence-electron chi connectivity index (χ0n) is 7.82. The first-order valence-electron chi connectivity index (χ1n) is 4.32. The van der Waals surface area contributed by atoms with Gasteiger partial charge in [-0.25, -0.2) is 0 Å². The maximum absolute atomic E-state index is 5.44. The number of rotatable bonds is 5. The zero-order valence-corrected chi connectivity index (χ0v) is 8.64. The minimum Gasteiger partial charge on any atom is -0.492 e. The quantitative estimate of drug-likeness (QED) is 0.722. The van der Waals surface area contributed by atoms with Gasteiger partial charge in [0, 0.05) is 11.9 Å². The third kappa shape index (κ3) is 3.27. The largest absolute Gasteiger partial charge is 0.492 e. The molecule has 0 fully saturated rings. The molecule has 1 aromatic rings. The maximum Gasteiger partial charge on any atom is 0.141 e. The maximum atomic E-state index is 5.44. The van der Waals surface area contributed by atoms with Gasteiger partial charge in [-0.05, 0) is 31.7 Å². The number of thioether (sulfide) groups is 1. The number of hydrogen-bond donors (Lipinski definition) is 0. The Kier molecular flexibility index (Phi) is 4.68. The van der Waals surface area contributed by atoms with E-state index < -0.39 is 0 Å².